The summed E-state index contributed by atoms with van der Waals surface area (Å²) in [4.78, 5) is 20.9. The Morgan fingerprint density at radius 3 is 2.55 bits per heavy atom. The van der Waals surface area contributed by atoms with Gasteiger partial charge in [-0.15, -0.1) is 4.74 Å². The van der Waals surface area contributed by atoms with Crippen LogP contribution in [0.15, 0.2) is 15.4 Å². The van der Waals surface area contributed by atoms with Crippen LogP contribution in [0.2, 0.25) is 0 Å². The van der Waals surface area contributed by atoms with Gasteiger partial charge in [-0.25, -0.2) is 0 Å². The maximum absolute atomic E-state index is 10.8. The van der Waals surface area contributed by atoms with E-state index in [1.165, 1.54) is 6.07 Å². The third kappa shape index (κ3) is 1.39. The summed E-state index contributed by atoms with van der Waals surface area (Å²) >= 11 is 0. The largest absolute Gasteiger partial charge is 0.373 e. The van der Waals surface area contributed by atoms with Gasteiger partial charge in [0.05, 0.1) is 0 Å². The highest BCUT2D eigenvalue weighted by atomic mass is 16.5. The smallest absolute Gasteiger partial charge is 0.290 e. The number of rotatable bonds is 2. The molecule has 1 heterocycles. The van der Waals surface area contributed by atoms with Crippen LogP contribution in [0.1, 0.15) is 25.5 Å². The summed E-state index contributed by atoms with van der Waals surface area (Å²) in [5.41, 5.74) is -0.413. The van der Waals surface area contributed by atoms with E-state index < -0.39 is 5.56 Å². The first-order chi connectivity index (χ1) is 5.15. The second-order valence-corrected chi connectivity index (χ2v) is 2.56. The van der Waals surface area contributed by atoms with Gasteiger partial charge >= 0.3 is 0 Å². The Bertz CT molecular complexity index is 308. The minimum atomic E-state index is -0.413. The van der Waals surface area contributed by atoms with E-state index >= 15 is 0 Å². The lowest BCUT2D eigenvalue weighted by atomic mass is 10.2. The minimum Gasteiger partial charge on any atom is -0.373 e. The lowest BCUT2D eigenvalue weighted by molar-refractivity contribution is 0.309. The van der Waals surface area contributed by atoms with E-state index in [0.717, 1.165) is 0 Å². The molecule has 0 aromatic carbocycles. The van der Waals surface area contributed by atoms with Crippen LogP contribution >= 0.6 is 0 Å². The Hall–Kier alpha value is -1.32. The molecule has 0 spiro atoms. The monoisotopic (exact) mass is 155 g/mol. The SMILES string of the molecule is CC(C)c1cc(=O)n(C=O)o1. The van der Waals surface area contributed by atoms with Crippen LogP contribution in [0.5, 0.6) is 0 Å². The average molecular weight is 155 g/mol. The van der Waals surface area contributed by atoms with Crippen molar-refractivity contribution in [2.45, 2.75) is 19.8 Å². The maximum atomic E-state index is 10.8. The third-order valence-electron chi connectivity index (χ3n) is 1.35. The minimum absolute atomic E-state index is 0.129. The summed E-state index contributed by atoms with van der Waals surface area (Å²) in [6, 6.07) is 1.32. The number of carbonyl (C=O) groups excluding carboxylic acids is 1. The molecule has 1 aromatic heterocycles. The zero-order chi connectivity index (χ0) is 8.43. The van der Waals surface area contributed by atoms with Crippen molar-refractivity contribution in [2.75, 3.05) is 0 Å². The van der Waals surface area contributed by atoms with E-state index in [-0.39, 0.29) is 5.92 Å². The highest BCUT2D eigenvalue weighted by Crippen LogP contribution is 2.10. The molecule has 0 aliphatic heterocycles. The van der Waals surface area contributed by atoms with Crippen molar-refractivity contribution in [3.8, 4) is 0 Å². The van der Waals surface area contributed by atoms with Crippen molar-refractivity contribution in [1.29, 1.82) is 0 Å². The van der Waals surface area contributed by atoms with E-state index in [1.807, 2.05) is 13.8 Å². The Morgan fingerprint density at radius 2 is 2.27 bits per heavy atom. The first kappa shape index (κ1) is 7.78. The first-order valence-corrected chi connectivity index (χ1v) is 3.33. The molecule has 60 valence electrons. The van der Waals surface area contributed by atoms with Gasteiger partial charge in [0, 0.05) is 12.0 Å². The van der Waals surface area contributed by atoms with Gasteiger partial charge in [0.2, 0.25) is 0 Å². The Labute approximate surface area is 63.4 Å². The fraction of sp³-hybridized carbons (Fsp3) is 0.429. The van der Waals surface area contributed by atoms with E-state index in [1.54, 1.807) is 0 Å². The number of carbonyl (C=O) groups is 1. The van der Waals surface area contributed by atoms with Gasteiger partial charge in [0.1, 0.15) is 5.76 Å². The fourth-order valence-corrected chi connectivity index (χ4v) is 0.716. The molecule has 0 unspecified atom stereocenters. The molecule has 0 aliphatic carbocycles. The van der Waals surface area contributed by atoms with Gasteiger partial charge < -0.3 is 4.52 Å². The van der Waals surface area contributed by atoms with E-state index in [2.05, 4.69) is 0 Å². The molecule has 0 amide bonds. The standard InChI is InChI=1S/C7H9NO3/c1-5(2)6-3-7(10)8(4-9)11-6/h3-5H,1-2H3. The zero-order valence-electron chi connectivity index (χ0n) is 6.40. The van der Waals surface area contributed by atoms with Gasteiger partial charge in [-0.05, 0) is 0 Å². The normalized spacial score (nSPS) is 10.5. The molecule has 11 heavy (non-hydrogen) atoms. The first-order valence-electron chi connectivity index (χ1n) is 3.33. The fourth-order valence-electron chi connectivity index (χ4n) is 0.716. The Balaban J connectivity index is 3.15. The Morgan fingerprint density at radius 1 is 1.64 bits per heavy atom. The maximum Gasteiger partial charge on any atom is 0.290 e. The predicted octanol–water partition coefficient (Wildman–Crippen LogP) is 0.603. The molecule has 4 heteroatoms. The molecule has 0 saturated carbocycles. The summed E-state index contributed by atoms with van der Waals surface area (Å²) in [5, 5.41) is 0. The third-order valence-corrected chi connectivity index (χ3v) is 1.35. The second kappa shape index (κ2) is 2.74. The summed E-state index contributed by atoms with van der Waals surface area (Å²) in [6.07, 6.45) is 0.355. The van der Waals surface area contributed by atoms with Gasteiger partial charge in [-0.3, -0.25) is 9.59 Å². The molecule has 1 rings (SSSR count). The van der Waals surface area contributed by atoms with Crippen molar-refractivity contribution in [1.82, 2.24) is 4.74 Å². The van der Waals surface area contributed by atoms with Gasteiger partial charge in [-0.1, -0.05) is 13.8 Å². The molecule has 0 aliphatic rings. The van der Waals surface area contributed by atoms with E-state index in [9.17, 15) is 9.59 Å². The molecule has 0 fully saturated rings. The lowest BCUT2D eigenvalue weighted by Crippen LogP contribution is -2.11. The molecule has 0 bridgehead atoms. The number of hydrogen-bond donors (Lipinski definition) is 0. The van der Waals surface area contributed by atoms with E-state index in [4.69, 9.17) is 4.52 Å². The van der Waals surface area contributed by atoms with E-state index in [0.29, 0.717) is 16.9 Å². The molecular formula is C7H9NO3. The zero-order valence-corrected chi connectivity index (χ0v) is 6.40. The van der Waals surface area contributed by atoms with Crippen LogP contribution < -0.4 is 5.56 Å². The van der Waals surface area contributed by atoms with Gasteiger partial charge in [0.25, 0.3) is 12.0 Å². The van der Waals surface area contributed by atoms with Crippen molar-refractivity contribution in [2.24, 2.45) is 0 Å². The molecule has 0 atom stereocenters. The van der Waals surface area contributed by atoms with Crippen molar-refractivity contribution >= 4 is 6.41 Å². The molecule has 0 radical (unpaired) electrons. The second-order valence-electron chi connectivity index (χ2n) is 2.56. The van der Waals surface area contributed by atoms with Crippen molar-refractivity contribution < 1.29 is 9.32 Å². The Kier molecular flexibility index (Phi) is 1.94. The molecule has 0 saturated heterocycles. The predicted molar refractivity (Wildman–Crippen MR) is 39.2 cm³/mol. The molecule has 1 aromatic rings. The van der Waals surface area contributed by atoms with Gasteiger partial charge in [0.15, 0.2) is 0 Å². The van der Waals surface area contributed by atoms with Crippen LogP contribution in [0.25, 0.3) is 0 Å². The lowest BCUT2D eigenvalue weighted by Gasteiger charge is -1.94. The number of aromatic nitrogens is 1. The summed E-state index contributed by atoms with van der Waals surface area (Å²) in [6.45, 7) is 3.76. The quantitative estimate of drug-likeness (QED) is 0.588. The van der Waals surface area contributed by atoms with Crippen LogP contribution in [0.4, 0.5) is 0 Å². The van der Waals surface area contributed by atoms with Crippen LogP contribution in [-0.2, 0) is 4.79 Å². The van der Waals surface area contributed by atoms with Crippen LogP contribution in [0, 0.1) is 0 Å². The summed E-state index contributed by atoms with van der Waals surface area (Å²) < 4.78 is 5.54. The molecule has 0 N–H and O–H groups in total. The molecule has 4 nitrogen and oxygen atoms in total. The van der Waals surface area contributed by atoms with Crippen molar-refractivity contribution in [3.05, 3.63) is 22.2 Å². The summed E-state index contributed by atoms with van der Waals surface area (Å²) in [5.74, 6) is 0.658. The van der Waals surface area contributed by atoms with Crippen LogP contribution in [-0.4, -0.2) is 11.1 Å². The number of hydrogen-bond acceptors (Lipinski definition) is 3. The highest BCUT2D eigenvalue weighted by molar-refractivity contribution is 5.49. The van der Waals surface area contributed by atoms with Crippen LogP contribution in [0.3, 0.4) is 0 Å². The highest BCUT2D eigenvalue weighted by Gasteiger charge is 2.07. The molecular weight excluding hydrogens is 146 g/mol. The summed E-state index contributed by atoms with van der Waals surface area (Å²) in [7, 11) is 0. The average Bonchev–Trinajstić information content (AvgIpc) is 2.31. The van der Waals surface area contributed by atoms with Crippen molar-refractivity contribution in [3.63, 3.8) is 0 Å². The topological polar surface area (TPSA) is 52.2 Å². The number of nitrogens with zero attached hydrogens (tertiary/aromatic N) is 1. The van der Waals surface area contributed by atoms with Gasteiger partial charge in [-0.2, -0.15) is 0 Å².